The van der Waals surface area contributed by atoms with Gasteiger partial charge in [-0.3, -0.25) is 4.79 Å². The van der Waals surface area contributed by atoms with Gasteiger partial charge in [0.2, 0.25) is 0 Å². The molecule has 2 bridgehead atoms. The Bertz CT molecular complexity index is 621. The minimum Gasteiger partial charge on any atom is -0.431 e. The summed E-state index contributed by atoms with van der Waals surface area (Å²) in [5.74, 6) is 0.980. The van der Waals surface area contributed by atoms with Crippen molar-refractivity contribution < 1.29 is 9.53 Å². The molecule has 4 atom stereocenters. The van der Waals surface area contributed by atoms with Crippen LogP contribution in [0.25, 0.3) is 0 Å². The predicted molar refractivity (Wildman–Crippen MR) is 80.6 cm³/mol. The fraction of sp³-hybridized carbons (Fsp3) is 0.211. The Morgan fingerprint density at radius 1 is 0.714 bits per heavy atom. The fourth-order valence-electron chi connectivity index (χ4n) is 3.89. The zero-order chi connectivity index (χ0) is 14.4. The molecule has 3 unspecified atom stereocenters. The summed E-state index contributed by atoms with van der Waals surface area (Å²) in [4.78, 5) is 12.3. The highest BCUT2D eigenvalue weighted by Crippen LogP contribution is 2.63. The zero-order valence-electron chi connectivity index (χ0n) is 11.6. The molecule has 104 valence electrons. The second-order valence-electron chi connectivity index (χ2n) is 5.81. The van der Waals surface area contributed by atoms with Crippen LogP contribution in [-0.4, -0.2) is 5.97 Å². The quantitative estimate of drug-likeness (QED) is 0.778. The molecule has 0 amide bonds. The van der Waals surface area contributed by atoms with Crippen LogP contribution in [0, 0.1) is 11.8 Å². The van der Waals surface area contributed by atoms with Gasteiger partial charge in [-0.25, -0.2) is 0 Å². The van der Waals surface area contributed by atoms with E-state index in [2.05, 4.69) is 30.8 Å². The summed E-state index contributed by atoms with van der Waals surface area (Å²) in [6, 6.07) is 20.5. The topological polar surface area (TPSA) is 26.3 Å². The Morgan fingerprint density at radius 3 is 1.62 bits per heavy atom. The molecule has 5 rings (SSSR count). The van der Waals surface area contributed by atoms with Crippen LogP contribution in [0.4, 0.5) is 0 Å². The van der Waals surface area contributed by atoms with E-state index >= 15 is 0 Å². The smallest absolute Gasteiger partial charge is 0.315 e. The summed E-state index contributed by atoms with van der Waals surface area (Å²) >= 11 is 0. The molecule has 21 heavy (non-hydrogen) atoms. The molecule has 0 radical (unpaired) electrons. The van der Waals surface area contributed by atoms with E-state index in [9.17, 15) is 4.79 Å². The number of carbonyl (C=O) groups is 1. The van der Waals surface area contributed by atoms with Crippen LogP contribution in [0.3, 0.4) is 0 Å². The van der Waals surface area contributed by atoms with Crippen molar-refractivity contribution in [2.75, 3.05) is 0 Å². The van der Waals surface area contributed by atoms with Crippen LogP contribution >= 0.6 is 0 Å². The van der Waals surface area contributed by atoms with E-state index in [0.717, 1.165) is 0 Å². The lowest BCUT2D eigenvalue weighted by molar-refractivity contribution is -0.164. The molecule has 0 spiro atoms. The van der Waals surface area contributed by atoms with Crippen molar-refractivity contribution in [3.8, 4) is 0 Å². The largest absolute Gasteiger partial charge is 0.431 e. The lowest BCUT2D eigenvalue weighted by atomic mass is 9.51. The average molecular weight is 276 g/mol. The first kappa shape index (κ1) is 12.4. The van der Waals surface area contributed by atoms with Crippen molar-refractivity contribution in [1.82, 2.24) is 0 Å². The van der Waals surface area contributed by atoms with Gasteiger partial charge in [0.15, 0.2) is 0 Å². The lowest BCUT2D eigenvalue weighted by Gasteiger charge is -2.55. The van der Waals surface area contributed by atoms with E-state index in [1.165, 1.54) is 11.1 Å². The average Bonchev–Trinajstić information content (AvgIpc) is 2.48. The van der Waals surface area contributed by atoms with Crippen LogP contribution in [0.2, 0.25) is 0 Å². The maximum atomic E-state index is 12.3. The number of carbonyl (C=O) groups excluding carboxylic acids is 1. The van der Waals surface area contributed by atoms with Gasteiger partial charge < -0.3 is 4.74 Å². The van der Waals surface area contributed by atoms with Gasteiger partial charge in [-0.2, -0.15) is 0 Å². The fourth-order valence-corrected chi connectivity index (χ4v) is 3.89. The molecular formula is C19H16O2. The number of allylic oxidation sites excluding steroid dienone is 1. The Balaban J connectivity index is 1.77. The van der Waals surface area contributed by atoms with E-state index in [4.69, 9.17) is 4.74 Å². The number of ether oxygens (including phenoxy) is 1. The molecule has 2 heteroatoms. The van der Waals surface area contributed by atoms with Crippen molar-refractivity contribution in [3.63, 3.8) is 0 Å². The SMILES string of the molecule is C=C1OC(=O)C2C(c3ccccc3)C1[C@H]2c1ccccc1. The summed E-state index contributed by atoms with van der Waals surface area (Å²) in [5, 5.41) is 0. The molecule has 3 aliphatic rings. The van der Waals surface area contributed by atoms with Gasteiger partial charge in [-0.15, -0.1) is 0 Å². The number of benzene rings is 2. The maximum absolute atomic E-state index is 12.3. The third kappa shape index (κ3) is 1.75. The minimum absolute atomic E-state index is 0.0923. The summed E-state index contributed by atoms with van der Waals surface area (Å²) in [5.41, 5.74) is 2.41. The first-order chi connectivity index (χ1) is 10.3. The van der Waals surface area contributed by atoms with Gasteiger partial charge in [0.05, 0.1) is 5.92 Å². The molecule has 2 heterocycles. The molecule has 1 aliphatic carbocycles. The van der Waals surface area contributed by atoms with Crippen LogP contribution in [0.15, 0.2) is 73.0 Å². The van der Waals surface area contributed by atoms with Crippen molar-refractivity contribution in [1.29, 1.82) is 0 Å². The Kier molecular flexibility index (Phi) is 2.71. The number of rotatable bonds is 2. The molecule has 2 nitrogen and oxygen atoms in total. The van der Waals surface area contributed by atoms with Gasteiger partial charge >= 0.3 is 5.97 Å². The van der Waals surface area contributed by atoms with E-state index in [1.807, 2.05) is 36.4 Å². The summed E-state index contributed by atoms with van der Waals surface area (Å²) in [7, 11) is 0. The monoisotopic (exact) mass is 276 g/mol. The Labute approximate surface area is 124 Å². The molecule has 3 fully saturated rings. The van der Waals surface area contributed by atoms with E-state index < -0.39 is 0 Å². The molecular weight excluding hydrogens is 260 g/mol. The van der Waals surface area contributed by atoms with Crippen LogP contribution in [0.1, 0.15) is 23.0 Å². The summed E-state index contributed by atoms with van der Waals surface area (Å²) in [6.07, 6.45) is 0. The number of hydrogen-bond acceptors (Lipinski definition) is 2. The van der Waals surface area contributed by atoms with Gasteiger partial charge in [0.25, 0.3) is 0 Å². The molecule has 0 N–H and O–H groups in total. The van der Waals surface area contributed by atoms with Crippen molar-refractivity contribution in [3.05, 3.63) is 84.1 Å². The van der Waals surface area contributed by atoms with E-state index in [1.54, 1.807) is 0 Å². The van der Waals surface area contributed by atoms with Gasteiger partial charge in [0.1, 0.15) is 5.76 Å². The van der Waals surface area contributed by atoms with Crippen LogP contribution < -0.4 is 0 Å². The third-order valence-electron chi connectivity index (χ3n) is 4.79. The molecule has 2 aromatic carbocycles. The molecule has 1 saturated carbocycles. The van der Waals surface area contributed by atoms with Gasteiger partial charge in [0, 0.05) is 17.8 Å². The highest BCUT2D eigenvalue weighted by Gasteiger charge is 2.61. The maximum Gasteiger partial charge on any atom is 0.315 e. The van der Waals surface area contributed by atoms with Gasteiger partial charge in [-0.05, 0) is 11.1 Å². The van der Waals surface area contributed by atoms with Crippen molar-refractivity contribution in [2.45, 2.75) is 11.8 Å². The normalized spacial score (nSPS) is 30.5. The summed E-state index contributed by atoms with van der Waals surface area (Å²) in [6.45, 7) is 3.99. The van der Waals surface area contributed by atoms with Crippen molar-refractivity contribution in [2.24, 2.45) is 11.8 Å². The minimum atomic E-state index is -0.134. The lowest BCUT2D eigenvalue weighted by Crippen LogP contribution is -2.53. The summed E-state index contributed by atoms with van der Waals surface area (Å²) < 4.78 is 5.32. The number of esters is 1. The molecule has 0 aromatic heterocycles. The van der Waals surface area contributed by atoms with Crippen LogP contribution in [0.5, 0.6) is 0 Å². The highest BCUT2D eigenvalue weighted by atomic mass is 16.5. The Hall–Kier alpha value is -2.35. The Morgan fingerprint density at radius 2 is 1.19 bits per heavy atom. The molecule has 2 aliphatic heterocycles. The molecule has 2 saturated heterocycles. The third-order valence-corrected chi connectivity index (χ3v) is 4.79. The van der Waals surface area contributed by atoms with Crippen LogP contribution in [-0.2, 0) is 9.53 Å². The predicted octanol–water partition coefficient (Wildman–Crippen LogP) is 3.87. The standard InChI is InChI=1S/C19H16O2/c1-12-15-16(13-8-4-2-5-9-13)18(19(20)21-12)17(15)14-10-6-3-7-11-14/h2-11,15-18H,1H2/t15?,16-,17?,18?/m1/s1. The number of hydrogen-bond donors (Lipinski definition) is 0. The van der Waals surface area contributed by atoms with Gasteiger partial charge in [-0.1, -0.05) is 67.2 Å². The second kappa shape index (κ2) is 4.59. The first-order valence-corrected chi connectivity index (χ1v) is 7.28. The zero-order valence-corrected chi connectivity index (χ0v) is 11.6. The van der Waals surface area contributed by atoms with E-state index in [0.29, 0.717) is 5.76 Å². The second-order valence-corrected chi connectivity index (χ2v) is 5.81. The molecule has 2 aromatic rings. The first-order valence-electron chi connectivity index (χ1n) is 7.28. The number of fused-ring (bicyclic) bond motifs is 2. The van der Waals surface area contributed by atoms with E-state index in [-0.39, 0.29) is 29.6 Å². The van der Waals surface area contributed by atoms with Crippen molar-refractivity contribution >= 4 is 5.97 Å². The highest BCUT2D eigenvalue weighted by molar-refractivity contribution is 5.81.